The molecule has 0 aromatic heterocycles. The van der Waals surface area contributed by atoms with Crippen LogP contribution in [0.2, 0.25) is 0 Å². The maximum Gasteiger partial charge on any atom is 0.230 e. The number of hydrogen-bond acceptors (Lipinski definition) is 3. The number of anilines is 1. The first-order chi connectivity index (χ1) is 12.0. The van der Waals surface area contributed by atoms with Gasteiger partial charge >= 0.3 is 0 Å². The molecule has 2 aromatic rings. The Labute approximate surface area is 153 Å². The van der Waals surface area contributed by atoms with Crippen molar-refractivity contribution in [1.29, 1.82) is 0 Å². The molecule has 0 aliphatic heterocycles. The summed E-state index contributed by atoms with van der Waals surface area (Å²) in [6, 6.07) is 15.6. The molecule has 2 aromatic carbocycles. The third kappa shape index (κ3) is 6.27. The lowest BCUT2D eigenvalue weighted by atomic mass is 10.1. The van der Waals surface area contributed by atoms with Gasteiger partial charge in [0.2, 0.25) is 11.8 Å². The molecule has 25 heavy (non-hydrogen) atoms. The van der Waals surface area contributed by atoms with Gasteiger partial charge < -0.3 is 10.6 Å². The average molecular weight is 356 g/mol. The quantitative estimate of drug-likeness (QED) is 0.737. The van der Waals surface area contributed by atoms with Gasteiger partial charge in [0.25, 0.3) is 0 Å². The van der Waals surface area contributed by atoms with Crippen LogP contribution >= 0.6 is 11.8 Å². The Balaban J connectivity index is 1.83. The number of nitrogens with one attached hydrogen (secondary N) is 2. The average Bonchev–Trinajstić information content (AvgIpc) is 2.59. The summed E-state index contributed by atoms with van der Waals surface area (Å²) in [6.45, 7) is 6.19. The highest BCUT2D eigenvalue weighted by Gasteiger charge is 2.08. The fraction of sp³-hybridized carbons (Fsp3) is 0.300. The fourth-order valence-electron chi connectivity index (χ4n) is 2.16. The van der Waals surface area contributed by atoms with Gasteiger partial charge in [-0.25, -0.2) is 0 Å². The smallest absolute Gasteiger partial charge is 0.230 e. The molecular weight excluding hydrogens is 332 g/mol. The van der Waals surface area contributed by atoms with Crippen molar-refractivity contribution in [2.45, 2.75) is 32.2 Å². The van der Waals surface area contributed by atoms with Gasteiger partial charge in [0.05, 0.1) is 5.75 Å². The van der Waals surface area contributed by atoms with E-state index in [1.807, 2.05) is 69.3 Å². The molecule has 2 amide bonds. The van der Waals surface area contributed by atoms with E-state index >= 15 is 0 Å². The highest BCUT2D eigenvalue weighted by Crippen LogP contribution is 2.21. The normalized spacial score (nSPS) is 10.6. The van der Waals surface area contributed by atoms with Gasteiger partial charge in [0, 0.05) is 23.0 Å². The molecule has 0 saturated heterocycles. The lowest BCUT2D eigenvalue weighted by Gasteiger charge is -2.10. The van der Waals surface area contributed by atoms with Crippen LogP contribution in [-0.2, 0) is 16.1 Å². The Hall–Kier alpha value is -2.27. The van der Waals surface area contributed by atoms with Crippen LogP contribution in [0, 0.1) is 12.8 Å². The number of thioether (sulfide) groups is 1. The molecule has 0 radical (unpaired) electrons. The van der Waals surface area contributed by atoms with E-state index in [0.29, 0.717) is 12.3 Å². The highest BCUT2D eigenvalue weighted by atomic mass is 32.2. The van der Waals surface area contributed by atoms with Crippen molar-refractivity contribution in [3.05, 3.63) is 59.7 Å². The lowest BCUT2D eigenvalue weighted by Crippen LogP contribution is -2.24. The summed E-state index contributed by atoms with van der Waals surface area (Å²) in [6.07, 6.45) is 0. The minimum Gasteiger partial charge on any atom is -0.351 e. The van der Waals surface area contributed by atoms with E-state index in [1.165, 1.54) is 17.3 Å². The van der Waals surface area contributed by atoms with Crippen LogP contribution in [0.1, 0.15) is 25.0 Å². The van der Waals surface area contributed by atoms with Crippen molar-refractivity contribution in [3.8, 4) is 0 Å². The van der Waals surface area contributed by atoms with Crippen molar-refractivity contribution in [2.75, 3.05) is 11.1 Å². The van der Waals surface area contributed by atoms with Crippen LogP contribution < -0.4 is 10.6 Å². The minimum atomic E-state index is -0.0678. The predicted octanol–water partition coefficient (Wildman–Crippen LogP) is 4.00. The lowest BCUT2D eigenvalue weighted by molar-refractivity contribution is -0.119. The van der Waals surface area contributed by atoms with Crippen LogP contribution in [0.15, 0.2) is 53.4 Å². The zero-order valence-corrected chi connectivity index (χ0v) is 15.7. The fourth-order valence-corrected chi connectivity index (χ4v) is 3.02. The van der Waals surface area contributed by atoms with Gasteiger partial charge in [-0.1, -0.05) is 44.2 Å². The maximum absolute atomic E-state index is 12.1. The van der Waals surface area contributed by atoms with Crippen molar-refractivity contribution in [1.82, 2.24) is 5.32 Å². The largest absolute Gasteiger partial charge is 0.351 e. The predicted molar refractivity (Wildman–Crippen MR) is 104 cm³/mol. The zero-order valence-electron chi connectivity index (χ0n) is 14.8. The van der Waals surface area contributed by atoms with Gasteiger partial charge in [-0.15, -0.1) is 11.8 Å². The molecule has 0 heterocycles. The highest BCUT2D eigenvalue weighted by molar-refractivity contribution is 8.00. The Morgan fingerprint density at radius 1 is 1.08 bits per heavy atom. The Kier molecular flexibility index (Phi) is 7.07. The van der Waals surface area contributed by atoms with E-state index in [2.05, 4.69) is 10.6 Å². The second-order valence-corrected chi connectivity index (χ2v) is 7.19. The Morgan fingerprint density at radius 2 is 1.84 bits per heavy atom. The third-order valence-corrected chi connectivity index (χ3v) is 4.84. The Bertz CT molecular complexity index is 744. The second-order valence-electron chi connectivity index (χ2n) is 6.18. The van der Waals surface area contributed by atoms with E-state index in [4.69, 9.17) is 0 Å². The molecule has 2 rings (SSSR count). The molecule has 4 nitrogen and oxygen atoms in total. The molecule has 0 unspecified atom stereocenters. The summed E-state index contributed by atoms with van der Waals surface area (Å²) in [7, 11) is 0. The maximum atomic E-state index is 12.1. The van der Waals surface area contributed by atoms with E-state index in [-0.39, 0.29) is 17.7 Å². The second kappa shape index (κ2) is 9.28. The summed E-state index contributed by atoms with van der Waals surface area (Å²) < 4.78 is 0. The number of aryl methyl sites for hydroxylation is 1. The van der Waals surface area contributed by atoms with E-state index in [0.717, 1.165) is 16.1 Å². The minimum absolute atomic E-state index is 0.00938. The summed E-state index contributed by atoms with van der Waals surface area (Å²) in [4.78, 5) is 24.9. The summed E-state index contributed by atoms with van der Waals surface area (Å²) >= 11 is 1.54. The molecule has 0 fully saturated rings. The van der Waals surface area contributed by atoms with Crippen LogP contribution in [0.4, 0.5) is 5.69 Å². The summed E-state index contributed by atoms with van der Waals surface area (Å²) in [5.41, 5.74) is 2.88. The standard InChI is InChI=1S/C20H24N2O2S/c1-14(2)20(24)22-17-9-6-8-16(11-17)12-21-19(23)13-25-18-10-5-4-7-15(18)3/h4-11,14H,12-13H2,1-3H3,(H,21,23)(H,22,24). The van der Waals surface area contributed by atoms with Gasteiger partial charge in [0.15, 0.2) is 0 Å². The SMILES string of the molecule is Cc1ccccc1SCC(=O)NCc1cccc(NC(=O)C(C)C)c1. The topological polar surface area (TPSA) is 58.2 Å². The zero-order chi connectivity index (χ0) is 18.2. The third-order valence-electron chi connectivity index (χ3n) is 3.66. The van der Waals surface area contributed by atoms with Crippen molar-refractivity contribution >= 4 is 29.3 Å². The molecule has 0 aliphatic carbocycles. The van der Waals surface area contributed by atoms with Gasteiger partial charge in [-0.2, -0.15) is 0 Å². The molecule has 0 saturated carbocycles. The van der Waals surface area contributed by atoms with E-state index < -0.39 is 0 Å². The number of amides is 2. The van der Waals surface area contributed by atoms with E-state index in [1.54, 1.807) is 0 Å². The van der Waals surface area contributed by atoms with Crippen LogP contribution in [0.25, 0.3) is 0 Å². The van der Waals surface area contributed by atoms with Crippen molar-refractivity contribution in [2.24, 2.45) is 5.92 Å². The monoisotopic (exact) mass is 356 g/mol. The first-order valence-electron chi connectivity index (χ1n) is 8.30. The number of carbonyl (C=O) groups is 2. The van der Waals surface area contributed by atoms with Gasteiger partial charge in [-0.3, -0.25) is 9.59 Å². The molecule has 0 bridgehead atoms. The molecule has 132 valence electrons. The molecule has 5 heteroatoms. The molecular formula is C20H24N2O2S. The number of benzene rings is 2. The van der Waals surface area contributed by atoms with Gasteiger partial charge in [0.1, 0.15) is 0 Å². The van der Waals surface area contributed by atoms with Crippen LogP contribution in [0.5, 0.6) is 0 Å². The van der Waals surface area contributed by atoms with Crippen LogP contribution in [0.3, 0.4) is 0 Å². The molecule has 0 aliphatic rings. The summed E-state index contributed by atoms with van der Waals surface area (Å²) in [5.74, 6) is 0.289. The first kappa shape index (κ1) is 19.1. The molecule has 2 N–H and O–H groups in total. The van der Waals surface area contributed by atoms with Crippen molar-refractivity contribution in [3.63, 3.8) is 0 Å². The van der Waals surface area contributed by atoms with Crippen LogP contribution in [-0.4, -0.2) is 17.6 Å². The molecule has 0 atom stereocenters. The molecule has 0 spiro atoms. The number of hydrogen-bond donors (Lipinski definition) is 2. The van der Waals surface area contributed by atoms with Gasteiger partial charge in [-0.05, 0) is 36.2 Å². The van der Waals surface area contributed by atoms with Crippen molar-refractivity contribution < 1.29 is 9.59 Å². The summed E-state index contributed by atoms with van der Waals surface area (Å²) in [5, 5.41) is 5.79. The first-order valence-corrected chi connectivity index (χ1v) is 9.29. The number of rotatable bonds is 7. The Morgan fingerprint density at radius 3 is 2.56 bits per heavy atom. The van der Waals surface area contributed by atoms with E-state index in [9.17, 15) is 9.59 Å². The number of carbonyl (C=O) groups excluding carboxylic acids is 2.